The molecule has 25 nitrogen and oxygen atoms in total. The van der Waals surface area contributed by atoms with Crippen LogP contribution in [-0.2, 0) is 33.6 Å². The summed E-state index contributed by atoms with van der Waals surface area (Å²) in [5.41, 5.74) is 11.5. The minimum Gasteiger partial charge on any atom is -0.508 e. The predicted octanol–water partition coefficient (Wildman–Crippen LogP) is -3.31. The number of amides is 7. The Kier molecular flexibility index (Phi) is 26.4. The minimum atomic E-state index is -2.28. The van der Waals surface area contributed by atoms with Gasteiger partial charge in [0.05, 0.1) is 30.5 Å². The third-order valence-corrected chi connectivity index (χ3v) is 14.9. The molecule has 0 radical (unpaired) electrons. The van der Waals surface area contributed by atoms with Crippen LogP contribution in [0.4, 0.5) is 0 Å². The van der Waals surface area contributed by atoms with Gasteiger partial charge >= 0.3 is 0 Å². The van der Waals surface area contributed by atoms with Crippen molar-refractivity contribution < 1.29 is 74.4 Å². The summed E-state index contributed by atoms with van der Waals surface area (Å²) in [6.45, 7) is 6.73. The Bertz CT molecular complexity index is 2070. The van der Waals surface area contributed by atoms with Crippen LogP contribution < -0.4 is 43.4 Å². The fraction of sp³-hybridized carbons (Fsp3) is 0.750. The van der Waals surface area contributed by atoms with Crippen molar-refractivity contribution >= 4 is 41.4 Å². The zero-order chi connectivity index (χ0) is 57.1. The SMILES string of the molecule is CCC(C)CC(C)CCCCCCCCC(=O)N[C@H]1C[C@@H](O)[C@H](NCCN)NC(=O)[C@@H]2[C@@H](O)CCN2C(=O)[C@H]([C@@H](O)CCN)NC(=O)[C@H]([C@H](O)[C@@H](O)c2ccc(O)cc2)NC(=O)[C@@H]2C[C@@H](O)CN2C(=O)[C@@H]([C@@H](C)O)NC1=O. The number of aliphatic hydroxyl groups excluding tert-OH is 7. The Balaban J connectivity index is 1.73. The molecular weight excluding hydrogens is 1000 g/mol. The van der Waals surface area contributed by atoms with Crippen LogP contribution in [0.1, 0.15) is 129 Å². The van der Waals surface area contributed by atoms with E-state index in [0.29, 0.717) is 24.7 Å². The van der Waals surface area contributed by atoms with Crippen molar-refractivity contribution in [3.05, 3.63) is 29.8 Å². The van der Waals surface area contributed by atoms with Crippen molar-refractivity contribution in [1.29, 1.82) is 0 Å². The number of nitrogens with one attached hydrogen (secondary N) is 6. The van der Waals surface area contributed by atoms with Crippen molar-refractivity contribution in [1.82, 2.24) is 41.7 Å². The summed E-state index contributed by atoms with van der Waals surface area (Å²) in [6, 6.07) is -6.40. The Labute approximate surface area is 450 Å². The average Bonchev–Trinajstić information content (AvgIpc) is 3.99. The molecule has 436 valence electrons. The second kappa shape index (κ2) is 31.5. The fourth-order valence-electron chi connectivity index (χ4n) is 10.2. The van der Waals surface area contributed by atoms with Gasteiger partial charge in [0.25, 0.3) is 0 Å². The first-order chi connectivity index (χ1) is 36.5. The van der Waals surface area contributed by atoms with Gasteiger partial charge in [-0.1, -0.05) is 77.8 Å². The van der Waals surface area contributed by atoms with Gasteiger partial charge in [-0.3, -0.25) is 38.9 Å². The molecule has 16 atom stereocenters. The fourth-order valence-corrected chi connectivity index (χ4v) is 10.2. The normalized spacial score (nSPS) is 28.6. The molecule has 3 aliphatic rings. The Morgan fingerprint density at radius 2 is 1.34 bits per heavy atom. The number of aliphatic hydroxyl groups is 7. The predicted molar refractivity (Wildman–Crippen MR) is 280 cm³/mol. The Hall–Kier alpha value is -5.09. The highest BCUT2D eigenvalue weighted by atomic mass is 16.3. The monoisotopic (exact) mass is 1090 g/mol. The lowest BCUT2D eigenvalue weighted by atomic mass is 9.91. The molecule has 0 aromatic heterocycles. The summed E-state index contributed by atoms with van der Waals surface area (Å²) in [5, 5.41) is 104. The van der Waals surface area contributed by atoms with E-state index in [0.717, 1.165) is 55.2 Å². The van der Waals surface area contributed by atoms with Crippen LogP contribution >= 0.6 is 0 Å². The summed E-state index contributed by atoms with van der Waals surface area (Å²) in [7, 11) is 0. The van der Waals surface area contributed by atoms with Crippen molar-refractivity contribution in [3.63, 3.8) is 0 Å². The van der Waals surface area contributed by atoms with Crippen LogP contribution in [0.25, 0.3) is 0 Å². The lowest BCUT2D eigenvalue weighted by molar-refractivity contribution is -0.148. The number of fused-ring (bicyclic) bond motifs is 2. The van der Waals surface area contributed by atoms with Crippen molar-refractivity contribution in [3.8, 4) is 5.75 Å². The number of carbonyl (C=O) groups excluding carboxylic acids is 7. The van der Waals surface area contributed by atoms with Crippen LogP contribution in [0.15, 0.2) is 24.3 Å². The average molecular weight is 1090 g/mol. The molecule has 3 heterocycles. The first-order valence-electron chi connectivity index (χ1n) is 27.3. The number of nitrogens with two attached hydrogens (primary N) is 2. The summed E-state index contributed by atoms with van der Waals surface area (Å²) in [4.78, 5) is 102. The molecule has 3 fully saturated rings. The van der Waals surface area contributed by atoms with Crippen LogP contribution in [0, 0.1) is 11.8 Å². The molecule has 0 aliphatic carbocycles. The summed E-state index contributed by atoms with van der Waals surface area (Å²) >= 11 is 0. The van der Waals surface area contributed by atoms with Crippen molar-refractivity contribution in [2.45, 2.75) is 203 Å². The third kappa shape index (κ3) is 18.8. The number of unbranched alkanes of at least 4 members (excludes halogenated alkanes) is 5. The van der Waals surface area contributed by atoms with Gasteiger partial charge < -0.3 is 88.7 Å². The zero-order valence-electron chi connectivity index (χ0n) is 45.0. The van der Waals surface area contributed by atoms with Crippen LogP contribution in [0.2, 0.25) is 0 Å². The molecule has 3 aliphatic heterocycles. The second-order valence-corrected chi connectivity index (χ2v) is 21.3. The highest BCUT2D eigenvalue weighted by Crippen LogP contribution is 2.27. The minimum absolute atomic E-state index is 0.0257. The molecule has 2 unspecified atom stereocenters. The van der Waals surface area contributed by atoms with E-state index in [-0.39, 0.29) is 56.8 Å². The first-order valence-corrected chi connectivity index (χ1v) is 27.3. The highest BCUT2D eigenvalue weighted by molar-refractivity contribution is 5.98. The van der Waals surface area contributed by atoms with Gasteiger partial charge in [-0.15, -0.1) is 0 Å². The molecule has 0 spiro atoms. The maximum atomic E-state index is 14.6. The van der Waals surface area contributed by atoms with Gasteiger partial charge in [-0.05, 0) is 68.7 Å². The molecule has 7 amide bonds. The molecule has 0 bridgehead atoms. The summed E-state index contributed by atoms with van der Waals surface area (Å²) in [6.07, 6.45) is -6.95. The van der Waals surface area contributed by atoms with Gasteiger partial charge in [0.2, 0.25) is 41.4 Å². The number of phenolic OH excluding ortho intramolecular Hbond substituents is 1. The maximum absolute atomic E-state index is 14.6. The standard InChI is InChI=1S/C52H88N10O15/c1-5-28(2)24-29(3)12-10-8-6-7-9-11-13-39(69)56-34-26-38(68)46(55-22-21-54)60-50(75)43-37(67)19-23-61(43)52(77)41(36(66)18-20-53)58-49(74)42(45(71)44(70)31-14-16-32(64)17-15-31)59-48(73)35-25-33(65)27-62(35)51(76)40(30(4)63)57-47(34)72/h14-17,28-30,33-38,40-46,55,63-68,70-71H,5-13,18-27,53-54H2,1-4H3,(H,56,69)(H,57,72)(H,58,74)(H,59,73)(H,60,75)/t28?,29?,30-,33-,34+,35+,36+,37+,38-,40-,41+,42+,43+,44+,45+,46-/m1/s1. The van der Waals surface area contributed by atoms with Gasteiger partial charge in [0, 0.05) is 45.4 Å². The Morgan fingerprint density at radius 3 is 1.97 bits per heavy atom. The number of phenols is 1. The molecule has 4 rings (SSSR count). The van der Waals surface area contributed by atoms with E-state index in [1.165, 1.54) is 30.7 Å². The summed E-state index contributed by atoms with van der Waals surface area (Å²) < 4.78 is 0. The zero-order valence-corrected chi connectivity index (χ0v) is 45.0. The van der Waals surface area contributed by atoms with E-state index in [9.17, 15) is 74.4 Å². The largest absolute Gasteiger partial charge is 0.508 e. The lowest BCUT2D eigenvalue weighted by Crippen LogP contribution is -2.65. The number of hydrogen-bond acceptors (Lipinski definition) is 18. The van der Waals surface area contributed by atoms with Crippen LogP contribution in [0.5, 0.6) is 5.75 Å². The van der Waals surface area contributed by atoms with Gasteiger partial charge in [0.1, 0.15) is 60.4 Å². The molecule has 0 saturated carbocycles. The van der Waals surface area contributed by atoms with Crippen LogP contribution in [0.3, 0.4) is 0 Å². The smallest absolute Gasteiger partial charge is 0.248 e. The van der Waals surface area contributed by atoms with E-state index in [1.54, 1.807) is 0 Å². The second-order valence-electron chi connectivity index (χ2n) is 21.3. The molecule has 1 aromatic carbocycles. The molecule has 18 N–H and O–H groups in total. The number of rotatable bonds is 23. The number of carbonyl (C=O) groups is 7. The number of hydrogen-bond donors (Lipinski definition) is 16. The highest BCUT2D eigenvalue weighted by Gasteiger charge is 2.49. The lowest BCUT2D eigenvalue weighted by Gasteiger charge is -2.35. The topological polar surface area (TPSA) is 412 Å². The molecule has 3 saturated heterocycles. The molecule has 25 heteroatoms. The number of aromatic hydroxyl groups is 1. The van der Waals surface area contributed by atoms with E-state index in [2.05, 4.69) is 52.7 Å². The van der Waals surface area contributed by atoms with Gasteiger partial charge in [0.15, 0.2) is 0 Å². The van der Waals surface area contributed by atoms with E-state index >= 15 is 0 Å². The molecule has 1 aromatic rings. The third-order valence-electron chi connectivity index (χ3n) is 14.9. The molecular formula is C52H88N10O15. The van der Waals surface area contributed by atoms with E-state index < -0.39 is 146 Å². The van der Waals surface area contributed by atoms with E-state index in [4.69, 9.17) is 11.5 Å². The molecule has 77 heavy (non-hydrogen) atoms. The van der Waals surface area contributed by atoms with Gasteiger partial charge in [-0.2, -0.15) is 0 Å². The van der Waals surface area contributed by atoms with Crippen molar-refractivity contribution in [2.75, 3.05) is 32.7 Å². The van der Waals surface area contributed by atoms with Crippen LogP contribution in [-0.4, -0.2) is 204 Å². The van der Waals surface area contributed by atoms with E-state index in [1.807, 2.05) is 0 Å². The first kappa shape index (κ1) is 64.4. The van der Waals surface area contributed by atoms with Crippen molar-refractivity contribution in [2.24, 2.45) is 23.3 Å². The maximum Gasteiger partial charge on any atom is 0.248 e. The summed E-state index contributed by atoms with van der Waals surface area (Å²) in [5.74, 6) is -6.43. The number of nitrogens with zero attached hydrogens (tertiary/aromatic N) is 2. The quantitative estimate of drug-likeness (QED) is 0.0477. The number of benzene rings is 1. The Morgan fingerprint density at radius 1 is 0.714 bits per heavy atom. The van der Waals surface area contributed by atoms with Gasteiger partial charge in [-0.25, -0.2) is 0 Å².